The van der Waals surface area contributed by atoms with Gasteiger partial charge in [-0.15, -0.1) is 0 Å². The molecule has 2 fully saturated rings. The predicted molar refractivity (Wildman–Crippen MR) is 74.0 cm³/mol. The van der Waals surface area contributed by atoms with Crippen LogP contribution in [-0.4, -0.2) is 30.6 Å². The smallest absolute Gasteiger partial charge is 0.0329 e. The lowest BCUT2D eigenvalue weighted by atomic mass is 9.68. The highest BCUT2D eigenvalue weighted by Crippen LogP contribution is 2.43. The van der Waals surface area contributed by atoms with Gasteiger partial charge in [0.15, 0.2) is 0 Å². The number of nitrogens with two attached hydrogens (primary N) is 1. The van der Waals surface area contributed by atoms with E-state index in [9.17, 15) is 0 Å². The molecule has 2 rings (SSSR count). The Bertz CT molecular complexity index is 246. The van der Waals surface area contributed by atoms with E-state index in [1.807, 2.05) is 0 Å². The lowest BCUT2D eigenvalue weighted by Crippen LogP contribution is -2.56. The summed E-state index contributed by atoms with van der Waals surface area (Å²) in [5, 5.41) is 0. The van der Waals surface area contributed by atoms with Crippen molar-refractivity contribution in [3.63, 3.8) is 0 Å². The third kappa shape index (κ3) is 2.85. The van der Waals surface area contributed by atoms with E-state index in [4.69, 9.17) is 5.73 Å². The van der Waals surface area contributed by atoms with Crippen molar-refractivity contribution in [2.24, 2.45) is 17.1 Å². The van der Waals surface area contributed by atoms with Crippen molar-refractivity contribution in [3.8, 4) is 0 Å². The maximum atomic E-state index is 6.12. The number of rotatable bonds is 4. The molecule has 0 aromatic carbocycles. The Morgan fingerprint density at radius 1 is 1.12 bits per heavy atom. The van der Waals surface area contributed by atoms with E-state index in [1.165, 1.54) is 51.5 Å². The van der Waals surface area contributed by atoms with Crippen LogP contribution in [-0.2, 0) is 0 Å². The zero-order valence-corrected chi connectivity index (χ0v) is 12.0. The Morgan fingerprint density at radius 3 is 2.12 bits per heavy atom. The fourth-order valence-electron chi connectivity index (χ4n) is 3.39. The first-order chi connectivity index (χ1) is 7.97. The first kappa shape index (κ1) is 13.4. The van der Waals surface area contributed by atoms with E-state index in [2.05, 4.69) is 25.8 Å². The summed E-state index contributed by atoms with van der Waals surface area (Å²) in [5.41, 5.74) is 6.97. The summed E-state index contributed by atoms with van der Waals surface area (Å²) in [6.45, 7) is 6.92. The van der Waals surface area contributed by atoms with Gasteiger partial charge < -0.3 is 5.73 Å². The molecular formula is C15H30N2. The average molecular weight is 238 g/mol. The molecule has 0 spiro atoms. The Kier molecular flexibility index (Phi) is 3.84. The van der Waals surface area contributed by atoms with Crippen molar-refractivity contribution in [2.45, 2.75) is 64.3 Å². The molecule has 0 amide bonds. The molecule has 0 saturated heterocycles. The lowest BCUT2D eigenvalue weighted by molar-refractivity contribution is 0.0226. The van der Waals surface area contributed by atoms with Gasteiger partial charge in [-0.1, -0.05) is 20.3 Å². The fourth-order valence-corrected chi connectivity index (χ4v) is 3.39. The fraction of sp³-hybridized carbons (Fsp3) is 1.00. The Balaban J connectivity index is 1.94. The van der Waals surface area contributed by atoms with Crippen LogP contribution in [0.2, 0.25) is 0 Å². The molecule has 0 aromatic heterocycles. The predicted octanol–water partition coefficient (Wildman–Crippen LogP) is 3.02. The lowest BCUT2D eigenvalue weighted by Gasteiger charge is -2.50. The SMILES string of the molecule is CN(CC1CCC1)C1(CN)CCC(C)(C)CC1. The van der Waals surface area contributed by atoms with Crippen molar-refractivity contribution in [1.82, 2.24) is 4.90 Å². The second-order valence-corrected chi connectivity index (χ2v) is 7.27. The van der Waals surface area contributed by atoms with Gasteiger partial charge in [0.05, 0.1) is 0 Å². The Hall–Kier alpha value is -0.0800. The normalized spacial score (nSPS) is 28.1. The van der Waals surface area contributed by atoms with Gasteiger partial charge in [-0.25, -0.2) is 0 Å². The van der Waals surface area contributed by atoms with Crippen LogP contribution >= 0.6 is 0 Å². The van der Waals surface area contributed by atoms with Crippen LogP contribution in [0.3, 0.4) is 0 Å². The van der Waals surface area contributed by atoms with E-state index in [1.54, 1.807) is 0 Å². The van der Waals surface area contributed by atoms with E-state index >= 15 is 0 Å². The Morgan fingerprint density at radius 2 is 1.71 bits per heavy atom. The van der Waals surface area contributed by atoms with Gasteiger partial charge in [-0.3, -0.25) is 4.90 Å². The number of hydrogen-bond acceptors (Lipinski definition) is 2. The number of hydrogen-bond donors (Lipinski definition) is 1. The summed E-state index contributed by atoms with van der Waals surface area (Å²) in [6, 6.07) is 0. The van der Waals surface area contributed by atoms with Crippen LogP contribution in [0.15, 0.2) is 0 Å². The molecule has 2 aliphatic rings. The summed E-state index contributed by atoms with van der Waals surface area (Å²) in [6.07, 6.45) is 9.58. The first-order valence-electron chi connectivity index (χ1n) is 7.39. The maximum absolute atomic E-state index is 6.12. The highest BCUT2D eigenvalue weighted by atomic mass is 15.2. The highest BCUT2D eigenvalue weighted by molar-refractivity contribution is 4.97. The number of nitrogens with zero attached hydrogens (tertiary/aromatic N) is 1. The van der Waals surface area contributed by atoms with E-state index in [-0.39, 0.29) is 0 Å². The summed E-state index contributed by atoms with van der Waals surface area (Å²) in [5.74, 6) is 0.957. The molecule has 2 heteroatoms. The molecule has 0 aromatic rings. The zero-order chi connectivity index (χ0) is 12.5. The van der Waals surface area contributed by atoms with Gasteiger partial charge in [0.2, 0.25) is 0 Å². The van der Waals surface area contributed by atoms with Crippen LogP contribution in [0.25, 0.3) is 0 Å². The van der Waals surface area contributed by atoms with Crippen molar-refractivity contribution in [3.05, 3.63) is 0 Å². The van der Waals surface area contributed by atoms with Crippen molar-refractivity contribution in [1.29, 1.82) is 0 Å². The molecular weight excluding hydrogens is 208 g/mol. The summed E-state index contributed by atoms with van der Waals surface area (Å²) in [4.78, 5) is 2.60. The molecule has 2 nitrogen and oxygen atoms in total. The standard InChI is InChI=1S/C15H30N2/c1-14(2)7-9-15(12-16,10-8-14)17(3)11-13-5-4-6-13/h13H,4-12,16H2,1-3H3. The van der Waals surface area contributed by atoms with Crippen LogP contribution in [0.5, 0.6) is 0 Å². The molecule has 2 N–H and O–H groups in total. The molecule has 2 aliphatic carbocycles. The minimum absolute atomic E-state index is 0.311. The second-order valence-electron chi connectivity index (χ2n) is 7.27. The highest BCUT2D eigenvalue weighted by Gasteiger charge is 2.40. The first-order valence-corrected chi connectivity index (χ1v) is 7.39. The summed E-state index contributed by atoms with van der Waals surface area (Å²) >= 11 is 0. The van der Waals surface area contributed by atoms with Gasteiger partial charge in [-0.2, -0.15) is 0 Å². The van der Waals surface area contributed by atoms with Gasteiger partial charge >= 0.3 is 0 Å². The minimum atomic E-state index is 0.311. The van der Waals surface area contributed by atoms with Crippen molar-refractivity contribution >= 4 is 0 Å². The van der Waals surface area contributed by atoms with Crippen molar-refractivity contribution < 1.29 is 0 Å². The van der Waals surface area contributed by atoms with Crippen LogP contribution < -0.4 is 5.73 Å². The molecule has 0 aliphatic heterocycles. The van der Waals surface area contributed by atoms with Crippen molar-refractivity contribution in [2.75, 3.05) is 20.1 Å². The molecule has 0 radical (unpaired) electrons. The summed E-state index contributed by atoms with van der Waals surface area (Å²) in [7, 11) is 2.31. The van der Waals surface area contributed by atoms with E-state index in [0.717, 1.165) is 12.5 Å². The minimum Gasteiger partial charge on any atom is -0.329 e. The van der Waals surface area contributed by atoms with Gasteiger partial charge in [0.25, 0.3) is 0 Å². The molecule has 0 unspecified atom stereocenters. The third-order valence-corrected chi connectivity index (χ3v) is 5.48. The quantitative estimate of drug-likeness (QED) is 0.816. The van der Waals surface area contributed by atoms with Crippen LogP contribution in [0.1, 0.15) is 58.8 Å². The van der Waals surface area contributed by atoms with E-state index in [0.29, 0.717) is 11.0 Å². The largest absolute Gasteiger partial charge is 0.329 e. The molecule has 100 valence electrons. The molecule has 0 bridgehead atoms. The zero-order valence-electron chi connectivity index (χ0n) is 12.0. The maximum Gasteiger partial charge on any atom is 0.0329 e. The molecule has 0 heterocycles. The monoisotopic (exact) mass is 238 g/mol. The van der Waals surface area contributed by atoms with Gasteiger partial charge in [-0.05, 0) is 56.9 Å². The topological polar surface area (TPSA) is 29.3 Å². The third-order valence-electron chi connectivity index (χ3n) is 5.48. The van der Waals surface area contributed by atoms with Gasteiger partial charge in [0, 0.05) is 18.6 Å². The van der Waals surface area contributed by atoms with Crippen LogP contribution in [0, 0.1) is 11.3 Å². The molecule has 2 saturated carbocycles. The average Bonchev–Trinajstić information content (AvgIpc) is 2.24. The van der Waals surface area contributed by atoms with E-state index < -0.39 is 0 Å². The van der Waals surface area contributed by atoms with Gasteiger partial charge in [0.1, 0.15) is 0 Å². The number of likely N-dealkylation sites (N-methyl/N-ethyl adjacent to an activating group) is 1. The Labute approximate surface area is 107 Å². The van der Waals surface area contributed by atoms with Crippen LogP contribution in [0.4, 0.5) is 0 Å². The second kappa shape index (κ2) is 4.89. The summed E-state index contributed by atoms with van der Waals surface area (Å²) < 4.78 is 0. The molecule has 0 atom stereocenters. The molecule has 17 heavy (non-hydrogen) atoms.